The van der Waals surface area contributed by atoms with Gasteiger partial charge in [0.1, 0.15) is 0 Å². The Morgan fingerprint density at radius 2 is 1.67 bits per heavy atom. The van der Waals surface area contributed by atoms with Crippen LogP contribution in [0, 0.1) is 5.41 Å². The van der Waals surface area contributed by atoms with Crippen LogP contribution in [0.1, 0.15) is 11.1 Å². The van der Waals surface area contributed by atoms with Crippen molar-refractivity contribution in [2.45, 2.75) is 6.54 Å². The predicted molar refractivity (Wildman–Crippen MR) is 106 cm³/mol. The molecule has 0 bridgehead atoms. The van der Waals surface area contributed by atoms with Crippen molar-refractivity contribution in [3.63, 3.8) is 0 Å². The first kappa shape index (κ1) is 18.1. The first-order valence-electron chi connectivity index (χ1n) is 8.51. The second-order valence-electron chi connectivity index (χ2n) is 5.79. The molecule has 3 N–H and O–H groups in total. The Hall–Kier alpha value is -3.67. The fraction of sp³-hybridized carbons (Fsp3) is 0.0952. The van der Waals surface area contributed by atoms with Crippen LogP contribution < -0.4 is 10.6 Å². The lowest BCUT2D eigenvalue weighted by Crippen LogP contribution is -2.21. The van der Waals surface area contributed by atoms with Crippen molar-refractivity contribution in [3.05, 3.63) is 90.3 Å². The molecule has 0 aliphatic heterocycles. The van der Waals surface area contributed by atoms with Crippen LogP contribution in [-0.2, 0) is 16.1 Å². The Bertz CT molecular complexity index is 898. The van der Waals surface area contributed by atoms with E-state index in [4.69, 9.17) is 10.1 Å². The molecule has 0 radical (unpaired) electrons. The summed E-state index contributed by atoms with van der Waals surface area (Å²) in [6.07, 6.45) is 3.47. The molecular weight excluding hydrogens is 340 g/mol. The average Bonchev–Trinajstić information content (AvgIpc) is 2.72. The van der Waals surface area contributed by atoms with Crippen LogP contribution in [0.3, 0.4) is 0 Å². The number of benzene rings is 2. The zero-order chi connectivity index (χ0) is 18.9. The van der Waals surface area contributed by atoms with E-state index in [0.717, 1.165) is 11.3 Å². The topological polar surface area (TPSA) is 87.1 Å². The zero-order valence-electron chi connectivity index (χ0n) is 14.7. The number of aromatic nitrogens is 1. The summed E-state index contributed by atoms with van der Waals surface area (Å²) >= 11 is 0. The minimum absolute atomic E-state index is 0.0592. The number of nitrogens with one attached hydrogen (secondary N) is 3. The molecule has 0 aliphatic rings. The summed E-state index contributed by atoms with van der Waals surface area (Å²) in [6.45, 7) is 0.369. The van der Waals surface area contributed by atoms with Crippen LogP contribution in [-0.4, -0.2) is 23.4 Å². The highest BCUT2D eigenvalue weighted by atomic mass is 16.5. The maximum atomic E-state index is 12.0. The first-order chi connectivity index (χ1) is 13.2. The van der Waals surface area contributed by atoms with Crippen LogP contribution in [0.4, 0.5) is 11.4 Å². The molecular formula is C21H20N4O2. The monoisotopic (exact) mass is 360 g/mol. The normalized spacial score (nSPS) is 10.1. The van der Waals surface area contributed by atoms with E-state index in [2.05, 4.69) is 15.6 Å². The van der Waals surface area contributed by atoms with Gasteiger partial charge in [-0.15, -0.1) is 0 Å². The molecule has 0 spiro atoms. The van der Waals surface area contributed by atoms with Gasteiger partial charge in [-0.1, -0.05) is 30.3 Å². The largest absolute Gasteiger partial charge is 0.467 e. The van der Waals surface area contributed by atoms with Crippen molar-refractivity contribution < 1.29 is 9.53 Å². The minimum Gasteiger partial charge on any atom is -0.467 e. The Morgan fingerprint density at radius 1 is 0.963 bits per heavy atom. The molecule has 0 fully saturated rings. The summed E-state index contributed by atoms with van der Waals surface area (Å²) in [4.78, 5) is 16.0. The molecule has 3 rings (SSSR count). The molecule has 0 aliphatic carbocycles. The van der Waals surface area contributed by atoms with E-state index in [0.29, 0.717) is 17.8 Å². The molecule has 3 aromatic rings. The number of rotatable bonds is 7. The molecule has 2 aromatic carbocycles. The van der Waals surface area contributed by atoms with E-state index < -0.39 is 0 Å². The van der Waals surface area contributed by atoms with Crippen LogP contribution in [0.25, 0.3) is 0 Å². The number of carbonyl (C=O) groups is 1. The molecule has 1 aromatic heterocycles. The molecule has 6 heteroatoms. The number of hydrogen-bond donors (Lipinski definition) is 3. The molecule has 27 heavy (non-hydrogen) atoms. The zero-order valence-corrected chi connectivity index (χ0v) is 14.7. The Balaban J connectivity index is 1.57. The number of nitrogens with zero attached hydrogens (tertiary/aromatic N) is 1. The molecule has 1 heterocycles. The fourth-order valence-electron chi connectivity index (χ4n) is 2.47. The van der Waals surface area contributed by atoms with Gasteiger partial charge in [-0.05, 0) is 42.0 Å². The number of ether oxygens (including phenoxy) is 1. The summed E-state index contributed by atoms with van der Waals surface area (Å²) in [5.74, 6) is -0.371. The van der Waals surface area contributed by atoms with Gasteiger partial charge in [-0.2, -0.15) is 0 Å². The number of pyridine rings is 1. The Morgan fingerprint density at radius 3 is 2.44 bits per heavy atom. The van der Waals surface area contributed by atoms with E-state index in [1.54, 1.807) is 30.6 Å². The van der Waals surface area contributed by atoms with Gasteiger partial charge in [0.15, 0.2) is 6.61 Å². The first-order valence-corrected chi connectivity index (χ1v) is 8.51. The summed E-state index contributed by atoms with van der Waals surface area (Å²) < 4.78 is 5.38. The lowest BCUT2D eigenvalue weighted by atomic mass is 10.1. The number of carbonyl (C=O) groups excluding carboxylic acids is 1. The van der Waals surface area contributed by atoms with Gasteiger partial charge in [-0.25, -0.2) is 0 Å². The van der Waals surface area contributed by atoms with Crippen molar-refractivity contribution in [3.8, 4) is 0 Å². The van der Waals surface area contributed by atoms with Crippen molar-refractivity contribution in [2.24, 2.45) is 0 Å². The third kappa shape index (κ3) is 5.40. The minimum atomic E-state index is -0.312. The van der Waals surface area contributed by atoms with E-state index in [-0.39, 0.29) is 18.4 Å². The highest BCUT2D eigenvalue weighted by Gasteiger charge is 2.11. The fourth-order valence-corrected chi connectivity index (χ4v) is 2.47. The third-order valence-corrected chi connectivity index (χ3v) is 3.81. The van der Waals surface area contributed by atoms with E-state index in [1.165, 1.54) is 0 Å². The van der Waals surface area contributed by atoms with Crippen LogP contribution >= 0.6 is 0 Å². The van der Waals surface area contributed by atoms with Gasteiger partial charge in [0.25, 0.3) is 5.91 Å². The Kier molecular flexibility index (Phi) is 6.14. The van der Waals surface area contributed by atoms with Crippen molar-refractivity contribution in [2.75, 3.05) is 17.2 Å². The lowest BCUT2D eigenvalue weighted by molar-refractivity contribution is -0.118. The molecule has 0 unspecified atom stereocenters. The second-order valence-corrected chi connectivity index (χ2v) is 5.79. The molecule has 1 amide bonds. The lowest BCUT2D eigenvalue weighted by Gasteiger charge is -2.13. The van der Waals surface area contributed by atoms with Gasteiger partial charge in [0, 0.05) is 30.3 Å². The molecule has 0 saturated heterocycles. The quantitative estimate of drug-likeness (QED) is 0.443. The SMILES string of the molecule is N=C(OCC(=O)Nc1ccccc1)c1ccccc1NCc1ccncc1. The molecule has 136 valence electrons. The van der Waals surface area contributed by atoms with Gasteiger partial charge < -0.3 is 15.4 Å². The van der Waals surface area contributed by atoms with Gasteiger partial charge in [0.05, 0.1) is 5.56 Å². The summed E-state index contributed by atoms with van der Waals surface area (Å²) in [5.41, 5.74) is 3.13. The summed E-state index contributed by atoms with van der Waals surface area (Å²) in [7, 11) is 0. The molecule has 0 atom stereocenters. The van der Waals surface area contributed by atoms with Gasteiger partial charge in [0.2, 0.25) is 5.90 Å². The van der Waals surface area contributed by atoms with E-state index in [1.807, 2.05) is 48.5 Å². The third-order valence-electron chi connectivity index (χ3n) is 3.81. The maximum absolute atomic E-state index is 12.0. The summed E-state index contributed by atoms with van der Waals surface area (Å²) in [6, 6.07) is 20.3. The summed E-state index contributed by atoms with van der Waals surface area (Å²) in [5, 5.41) is 14.2. The van der Waals surface area contributed by atoms with Crippen molar-refractivity contribution >= 4 is 23.2 Å². The standard InChI is InChI=1S/C21H20N4O2/c22-21(27-15-20(26)25-17-6-2-1-3-7-17)18-8-4-5-9-19(18)24-14-16-10-12-23-13-11-16/h1-13,22,24H,14-15H2,(H,25,26). The number of amides is 1. The van der Waals surface area contributed by atoms with E-state index in [9.17, 15) is 4.79 Å². The second kappa shape index (κ2) is 9.15. The highest BCUT2D eigenvalue weighted by molar-refractivity contribution is 5.99. The maximum Gasteiger partial charge on any atom is 0.262 e. The molecule has 6 nitrogen and oxygen atoms in total. The van der Waals surface area contributed by atoms with Crippen molar-refractivity contribution in [1.29, 1.82) is 5.41 Å². The predicted octanol–water partition coefficient (Wildman–Crippen LogP) is 3.67. The smallest absolute Gasteiger partial charge is 0.262 e. The number of anilines is 2. The number of para-hydroxylation sites is 2. The van der Waals surface area contributed by atoms with Crippen LogP contribution in [0.2, 0.25) is 0 Å². The number of hydrogen-bond acceptors (Lipinski definition) is 5. The van der Waals surface area contributed by atoms with Gasteiger partial charge >= 0.3 is 0 Å². The van der Waals surface area contributed by atoms with Gasteiger partial charge in [-0.3, -0.25) is 15.2 Å². The highest BCUT2D eigenvalue weighted by Crippen LogP contribution is 2.17. The van der Waals surface area contributed by atoms with Crippen molar-refractivity contribution in [1.82, 2.24) is 4.98 Å². The molecule has 0 saturated carbocycles. The van der Waals surface area contributed by atoms with Crippen LogP contribution in [0.15, 0.2) is 79.1 Å². The average molecular weight is 360 g/mol. The van der Waals surface area contributed by atoms with E-state index >= 15 is 0 Å². The Labute approximate surface area is 157 Å². The van der Waals surface area contributed by atoms with Crippen LogP contribution in [0.5, 0.6) is 0 Å².